The molecule has 1 aromatic rings. The second-order valence-corrected chi connectivity index (χ2v) is 6.51. The van der Waals surface area contributed by atoms with Crippen LogP contribution in [0.2, 0.25) is 0 Å². The minimum atomic E-state index is -0.847. The molecule has 1 saturated carbocycles. The number of hydrogen-bond donors (Lipinski definition) is 2. The minimum Gasteiger partial charge on any atom is -0.481 e. The molecule has 2 bridgehead atoms. The molecule has 0 spiro atoms. The quantitative estimate of drug-likeness (QED) is 0.836. The fourth-order valence-corrected chi connectivity index (χ4v) is 4.04. The van der Waals surface area contributed by atoms with Crippen LogP contribution < -0.4 is 5.32 Å². The third-order valence-corrected chi connectivity index (χ3v) is 5.23. The van der Waals surface area contributed by atoms with Crippen molar-refractivity contribution in [3.8, 4) is 0 Å². The summed E-state index contributed by atoms with van der Waals surface area (Å²) in [4.78, 5) is 25.0. The Hall–Kier alpha value is -1.62. The van der Waals surface area contributed by atoms with Crippen molar-refractivity contribution in [2.45, 2.75) is 19.4 Å². The highest BCUT2D eigenvalue weighted by Crippen LogP contribution is 2.45. The standard InChI is InChI=1S/C15H17NO3S/c17-14(16-8-11-2-1-7-20-11)12-9-3-5-10(6-4-9)13(12)15(18)19/h1-3,5,7,9-10,12-13H,4,6,8H2,(H,16,17)(H,18,19)/t9-,10-,12+,13+/m1/s1. The first-order valence-corrected chi connectivity index (χ1v) is 7.76. The molecule has 4 nitrogen and oxygen atoms in total. The van der Waals surface area contributed by atoms with Gasteiger partial charge in [-0.3, -0.25) is 9.59 Å². The molecular formula is C15H17NO3S. The number of hydrogen-bond acceptors (Lipinski definition) is 3. The Kier molecular flexibility index (Phi) is 3.61. The van der Waals surface area contributed by atoms with Crippen molar-refractivity contribution in [2.75, 3.05) is 0 Å². The van der Waals surface area contributed by atoms with E-state index in [4.69, 9.17) is 0 Å². The Balaban J connectivity index is 1.72. The van der Waals surface area contributed by atoms with Crippen LogP contribution in [0.25, 0.3) is 0 Å². The van der Waals surface area contributed by atoms with Gasteiger partial charge in [0, 0.05) is 4.88 Å². The number of aliphatic carboxylic acids is 1. The summed E-state index contributed by atoms with van der Waals surface area (Å²) in [6.45, 7) is 0.487. The largest absolute Gasteiger partial charge is 0.481 e. The number of rotatable bonds is 4. The molecule has 106 valence electrons. The Bertz CT molecular complexity index is 537. The number of carboxylic acids is 1. The summed E-state index contributed by atoms with van der Waals surface area (Å²) in [6.07, 6.45) is 5.81. The molecule has 1 aromatic heterocycles. The van der Waals surface area contributed by atoms with Crippen molar-refractivity contribution in [2.24, 2.45) is 23.7 Å². The highest BCUT2D eigenvalue weighted by Gasteiger charge is 2.48. The van der Waals surface area contributed by atoms with Crippen molar-refractivity contribution in [1.29, 1.82) is 0 Å². The van der Waals surface area contributed by atoms with Crippen LogP contribution in [-0.4, -0.2) is 17.0 Å². The lowest BCUT2D eigenvalue weighted by atomic mass is 9.62. The van der Waals surface area contributed by atoms with Crippen LogP contribution in [0.1, 0.15) is 17.7 Å². The van der Waals surface area contributed by atoms with E-state index in [2.05, 4.69) is 5.32 Å². The predicted octanol–water partition coefficient (Wildman–Crippen LogP) is 2.28. The lowest BCUT2D eigenvalue weighted by Gasteiger charge is -2.41. The maximum Gasteiger partial charge on any atom is 0.307 e. The maximum absolute atomic E-state index is 12.4. The SMILES string of the molecule is O=C(O)[C@@H]1[C@@H](C(=O)NCc2cccs2)[C@@H]2C=C[C@@H]1CC2. The summed E-state index contributed by atoms with van der Waals surface area (Å²) in [6, 6.07) is 3.91. The molecule has 4 rings (SSSR count). The first kappa shape index (κ1) is 13.4. The van der Waals surface area contributed by atoms with E-state index in [1.54, 1.807) is 11.3 Å². The van der Waals surface area contributed by atoms with Crippen LogP contribution in [0.5, 0.6) is 0 Å². The Morgan fingerprint density at radius 1 is 1.25 bits per heavy atom. The second kappa shape index (κ2) is 5.40. The van der Waals surface area contributed by atoms with Crippen LogP contribution in [0.4, 0.5) is 0 Å². The van der Waals surface area contributed by atoms with Gasteiger partial charge in [0.2, 0.25) is 5.91 Å². The molecule has 3 aliphatic carbocycles. The van der Waals surface area contributed by atoms with Gasteiger partial charge < -0.3 is 10.4 Å². The third kappa shape index (κ3) is 2.38. The smallest absolute Gasteiger partial charge is 0.307 e. The van der Waals surface area contributed by atoms with Gasteiger partial charge in [-0.1, -0.05) is 18.2 Å². The van der Waals surface area contributed by atoms with Gasteiger partial charge in [0.05, 0.1) is 18.4 Å². The van der Waals surface area contributed by atoms with Gasteiger partial charge in [0.25, 0.3) is 0 Å². The first-order chi connectivity index (χ1) is 9.66. The van der Waals surface area contributed by atoms with Gasteiger partial charge >= 0.3 is 5.97 Å². The van der Waals surface area contributed by atoms with E-state index in [0.29, 0.717) is 6.54 Å². The summed E-state index contributed by atoms with van der Waals surface area (Å²) in [5, 5.41) is 14.3. The summed E-state index contributed by atoms with van der Waals surface area (Å²) in [5.74, 6) is -1.87. The number of nitrogens with one attached hydrogen (secondary N) is 1. The van der Waals surface area contributed by atoms with E-state index in [1.165, 1.54) is 0 Å². The molecular weight excluding hydrogens is 274 g/mol. The van der Waals surface area contributed by atoms with E-state index in [-0.39, 0.29) is 17.7 Å². The van der Waals surface area contributed by atoms with Gasteiger partial charge in [0.15, 0.2) is 0 Å². The highest BCUT2D eigenvalue weighted by molar-refractivity contribution is 7.09. The number of thiophene rings is 1. The van der Waals surface area contributed by atoms with Crippen LogP contribution in [0.15, 0.2) is 29.7 Å². The average molecular weight is 291 g/mol. The summed E-state index contributed by atoms with van der Waals surface area (Å²) >= 11 is 1.59. The molecule has 5 heteroatoms. The molecule has 0 aromatic carbocycles. The number of carbonyl (C=O) groups is 2. The van der Waals surface area contributed by atoms with E-state index in [0.717, 1.165) is 17.7 Å². The number of allylic oxidation sites excluding steroid dienone is 2. The zero-order chi connectivity index (χ0) is 14.1. The van der Waals surface area contributed by atoms with Crippen molar-refractivity contribution < 1.29 is 14.7 Å². The third-order valence-electron chi connectivity index (χ3n) is 4.35. The fraction of sp³-hybridized carbons (Fsp3) is 0.467. The zero-order valence-electron chi connectivity index (χ0n) is 11.0. The van der Waals surface area contributed by atoms with Gasteiger partial charge in [-0.2, -0.15) is 0 Å². The van der Waals surface area contributed by atoms with E-state index < -0.39 is 17.8 Å². The van der Waals surface area contributed by atoms with Crippen molar-refractivity contribution >= 4 is 23.2 Å². The van der Waals surface area contributed by atoms with Crippen molar-refractivity contribution in [1.82, 2.24) is 5.32 Å². The van der Waals surface area contributed by atoms with E-state index >= 15 is 0 Å². The minimum absolute atomic E-state index is 0.00925. The molecule has 0 unspecified atom stereocenters. The first-order valence-electron chi connectivity index (χ1n) is 6.88. The van der Waals surface area contributed by atoms with Crippen LogP contribution in [0, 0.1) is 23.7 Å². The van der Waals surface area contributed by atoms with Crippen molar-refractivity contribution in [3.63, 3.8) is 0 Å². The molecule has 3 aliphatic rings. The molecule has 1 heterocycles. The molecule has 0 aliphatic heterocycles. The predicted molar refractivity (Wildman–Crippen MR) is 76.1 cm³/mol. The number of fused-ring (bicyclic) bond motifs is 2. The summed E-state index contributed by atoms with van der Waals surface area (Å²) in [7, 11) is 0. The highest BCUT2D eigenvalue weighted by atomic mass is 32.1. The van der Waals surface area contributed by atoms with Crippen LogP contribution in [0.3, 0.4) is 0 Å². The topological polar surface area (TPSA) is 66.4 Å². The molecule has 1 amide bonds. The van der Waals surface area contributed by atoms with Crippen LogP contribution in [-0.2, 0) is 16.1 Å². The Morgan fingerprint density at radius 3 is 2.50 bits per heavy atom. The van der Waals surface area contributed by atoms with Gasteiger partial charge in [-0.15, -0.1) is 11.3 Å². The zero-order valence-corrected chi connectivity index (χ0v) is 11.8. The number of carboxylic acid groups (broad SMARTS) is 1. The number of carbonyl (C=O) groups excluding carboxylic acids is 1. The number of amides is 1. The molecule has 1 fully saturated rings. The molecule has 0 radical (unpaired) electrons. The molecule has 0 saturated heterocycles. The lowest BCUT2D eigenvalue weighted by molar-refractivity contribution is -0.153. The lowest BCUT2D eigenvalue weighted by Crippen LogP contribution is -2.48. The fourth-order valence-electron chi connectivity index (χ4n) is 3.39. The van der Waals surface area contributed by atoms with Gasteiger partial charge in [-0.25, -0.2) is 0 Å². The molecule has 2 N–H and O–H groups in total. The van der Waals surface area contributed by atoms with Gasteiger partial charge in [0.1, 0.15) is 0 Å². The maximum atomic E-state index is 12.4. The molecule has 20 heavy (non-hydrogen) atoms. The van der Waals surface area contributed by atoms with Gasteiger partial charge in [-0.05, 0) is 36.1 Å². The summed E-state index contributed by atoms with van der Waals surface area (Å²) < 4.78 is 0. The monoisotopic (exact) mass is 291 g/mol. The van der Waals surface area contributed by atoms with Crippen molar-refractivity contribution in [3.05, 3.63) is 34.5 Å². The van der Waals surface area contributed by atoms with E-state index in [9.17, 15) is 14.7 Å². The second-order valence-electron chi connectivity index (χ2n) is 5.48. The van der Waals surface area contributed by atoms with Crippen LogP contribution >= 0.6 is 11.3 Å². The Labute approximate surface area is 121 Å². The van der Waals surface area contributed by atoms with E-state index in [1.807, 2.05) is 29.7 Å². The summed E-state index contributed by atoms with van der Waals surface area (Å²) in [5.41, 5.74) is 0. The normalized spacial score (nSPS) is 31.2. The Morgan fingerprint density at radius 2 is 1.95 bits per heavy atom. The average Bonchev–Trinajstić information content (AvgIpc) is 2.98. The molecule has 4 atom stereocenters.